The third-order valence-corrected chi connectivity index (χ3v) is 4.11. The number of benzene rings is 3. The second kappa shape index (κ2) is 4.17. The first-order valence-electron chi connectivity index (χ1n) is 6.74. The lowest BCUT2D eigenvalue weighted by atomic mass is 9.81. The molecule has 0 radical (unpaired) electrons. The Morgan fingerprint density at radius 3 is 2.00 bits per heavy atom. The van der Waals surface area contributed by atoms with Crippen LogP contribution in [0.5, 0.6) is 0 Å². The zero-order valence-corrected chi connectivity index (χ0v) is 10.8. The van der Waals surface area contributed by atoms with Gasteiger partial charge >= 0.3 is 0 Å². The minimum Gasteiger partial charge on any atom is -0.385 e. The fourth-order valence-corrected chi connectivity index (χ4v) is 3.08. The maximum atomic E-state index is 10.4. The van der Waals surface area contributed by atoms with Crippen LogP contribution in [0.25, 0.3) is 21.9 Å². The van der Waals surface area contributed by atoms with Crippen LogP contribution in [-0.4, -0.2) is 10.2 Å². The lowest BCUT2D eigenvalue weighted by Gasteiger charge is -2.29. The average Bonchev–Trinajstić information content (AvgIpc) is 2.51. The van der Waals surface area contributed by atoms with Gasteiger partial charge in [0.2, 0.25) is 0 Å². The molecule has 0 fully saturated rings. The van der Waals surface area contributed by atoms with Gasteiger partial charge in [-0.1, -0.05) is 48.5 Å². The molecule has 98 valence electrons. The molecule has 3 aromatic carbocycles. The molecule has 0 saturated carbocycles. The number of fused-ring (bicyclic) bond motifs is 4. The molecule has 2 nitrogen and oxygen atoms in total. The first-order chi connectivity index (χ1) is 9.75. The maximum Gasteiger partial charge on any atom is 0.110 e. The Bertz CT molecular complexity index is 807. The molecule has 2 unspecified atom stereocenters. The van der Waals surface area contributed by atoms with Gasteiger partial charge in [0.25, 0.3) is 0 Å². The van der Waals surface area contributed by atoms with E-state index in [1.807, 2.05) is 48.5 Å². The van der Waals surface area contributed by atoms with Crippen molar-refractivity contribution in [2.24, 2.45) is 0 Å². The largest absolute Gasteiger partial charge is 0.385 e. The number of hydrogen-bond donors (Lipinski definition) is 2. The summed E-state index contributed by atoms with van der Waals surface area (Å²) in [5, 5.41) is 22.9. The number of rotatable bonds is 0. The molecule has 3 aromatic rings. The molecule has 2 N–H and O–H groups in total. The molecular formula is C18H14O2. The Balaban J connectivity index is 2.09. The molecule has 0 bridgehead atoms. The molecule has 0 aliphatic heterocycles. The molecule has 2 atom stereocenters. The van der Waals surface area contributed by atoms with Gasteiger partial charge in [-0.2, -0.15) is 0 Å². The summed E-state index contributed by atoms with van der Waals surface area (Å²) in [6.07, 6.45) is -1.73. The summed E-state index contributed by atoms with van der Waals surface area (Å²) >= 11 is 0. The fourth-order valence-electron chi connectivity index (χ4n) is 3.08. The molecule has 0 heterocycles. The first-order valence-corrected chi connectivity index (χ1v) is 6.74. The van der Waals surface area contributed by atoms with E-state index in [2.05, 4.69) is 12.1 Å². The van der Waals surface area contributed by atoms with Crippen molar-refractivity contribution in [1.29, 1.82) is 0 Å². The molecule has 1 aliphatic rings. The molecule has 1 aliphatic carbocycles. The monoisotopic (exact) mass is 262 g/mol. The minimum absolute atomic E-state index is 0.794. The number of aliphatic hydroxyl groups is 2. The maximum absolute atomic E-state index is 10.4. The van der Waals surface area contributed by atoms with Gasteiger partial charge in [0, 0.05) is 0 Å². The standard InChI is InChI=1S/C18H14O2/c19-17-14-8-4-3-7-13(14)15-9-11-5-1-2-6-12(11)10-16(15)18(17)20/h1-10,17-20H. The van der Waals surface area contributed by atoms with Crippen molar-refractivity contribution in [3.63, 3.8) is 0 Å². The summed E-state index contributed by atoms with van der Waals surface area (Å²) in [5.41, 5.74) is 3.61. The Hall–Kier alpha value is -2.16. The van der Waals surface area contributed by atoms with Crippen LogP contribution in [0.4, 0.5) is 0 Å². The molecule has 0 amide bonds. The predicted octanol–water partition coefficient (Wildman–Crippen LogP) is 3.59. The zero-order valence-electron chi connectivity index (χ0n) is 10.8. The van der Waals surface area contributed by atoms with Crippen LogP contribution in [0.2, 0.25) is 0 Å². The summed E-state index contributed by atoms with van der Waals surface area (Å²) in [6.45, 7) is 0. The van der Waals surface area contributed by atoms with Gasteiger partial charge in [0.05, 0.1) is 0 Å². The summed E-state index contributed by atoms with van der Waals surface area (Å²) < 4.78 is 0. The van der Waals surface area contributed by atoms with E-state index in [9.17, 15) is 10.2 Å². The summed E-state index contributed by atoms with van der Waals surface area (Å²) in [4.78, 5) is 0. The smallest absolute Gasteiger partial charge is 0.110 e. The molecular weight excluding hydrogens is 248 g/mol. The van der Waals surface area contributed by atoms with Gasteiger partial charge in [-0.3, -0.25) is 0 Å². The van der Waals surface area contributed by atoms with Crippen molar-refractivity contribution in [2.45, 2.75) is 12.2 Å². The Kier molecular flexibility index (Phi) is 2.43. The van der Waals surface area contributed by atoms with Crippen LogP contribution >= 0.6 is 0 Å². The third-order valence-electron chi connectivity index (χ3n) is 4.11. The second-order valence-electron chi connectivity index (χ2n) is 5.26. The highest BCUT2D eigenvalue weighted by atomic mass is 16.3. The highest BCUT2D eigenvalue weighted by Crippen LogP contribution is 2.45. The Morgan fingerprint density at radius 2 is 1.20 bits per heavy atom. The first kappa shape index (κ1) is 11.6. The second-order valence-corrected chi connectivity index (χ2v) is 5.26. The molecule has 2 heteroatoms. The topological polar surface area (TPSA) is 40.5 Å². The van der Waals surface area contributed by atoms with Crippen molar-refractivity contribution in [2.75, 3.05) is 0 Å². The van der Waals surface area contributed by atoms with Crippen molar-refractivity contribution < 1.29 is 10.2 Å². The van der Waals surface area contributed by atoms with Gasteiger partial charge < -0.3 is 10.2 Å². The molecule has 0 spiro atoms. The zero-order chi connectivity index (χ0) is 13.7. The van der Waals surface area contributed by atoms with Crippen molar-refractivity contribution in [1.82, 2.24) is 0 Å². The van der Waals surface area contributed by atoms with Crippen molar-refractivity contribution >= 4 is 10.8 Å². The highest BCUT2D eigenvalue weighted by molar-refractivity contribution is 5.90. The molecule has 20 heavy (non-hydrogen) atoms. The van der Waals surface area contributed by atoms with Gasteiger partial charge in [0.1, 0.15) is 12.2 Å². The summed E-state index contributed by atoms with van der Waals surface area (Å²) in [7, 11) is 0. The fraction of sp³-hybridized carbons (Fsp3) is 0.111. The van der Waals surface area contributed by atoms with Crippen molar-refractivity contribution in [3.05, 3.63) is 71.8 Å². The van der Waals surface area contributed by atoms with Gasteiger partial charge in [0.15, 0.2) is 0 Å². The van der Waals surface area contributed by atoms with Crippen LogP contribution < -0.4 is 0 Å². The van der Waals surface area contributed by atoms with Crippen LogP contribution in [0.15, 0.2) is 60.7 Å². The molecule has 0 aromatic heterocycles. The van der Waals surface area contributed by atoms with E-state index in [0.29, 0.717) is 0 Å². The highest BCUT2D eigenvalue weighted by Gasteiger charge is 2.30. The van der Waals surface area contributed by atoms with Crippen LogP contribution in [0, 0.1) is 0 Å². The quantitative estimate of drug-likeness (QED) is 0.650. The average molecular weight is 262 g/mol. The summed E-state index contributed by atoms with van der Waals surface area (Å²) in [5.74, 6) is 0. The van der Waals surface area contributed by atoms with E-state index >= 15 is 0 Å². The summed E-state index contributed by atoms with van der Waals surface area (Å²) in [6, 6.07) is 19.9. The third kappa shape index (κ3) is 1.52. The predicted molar refractivity (Wildman–Crippen MR) is 79.3 cm³/mol. The van der Waals surface area contributed by atoms with Crippen molar-refractivity contribution in [3.8, 4) is 11.1 Å². The van der Waals surface area contributed by atoms with Gasteiger partial charge in [-0.15, -0.1) is 0 Å². The minimum atomic E-state index is -0.871. The Morgan fingerprint density at radius 1 is 0.600 bits per heavy atom. The normalized spacial score (nSPS) is 20.5. The number of aliphatic hydroxyl groups excluding tert-OH is 2. The van der Waals surface area contributed by atoms with Gasteiger partial charge in [-0.25, -0.2) is 0 Å². The SMILES string of the molecule is OC1c2ccccc2-c2cc3ccccc3cc2C1O. The molecule has 4 rings (SSSR count). The van der Waals surface area contributed by atoms with Gasteiger partial charge in [-0.05, 0) is 45.2 Å². The Labute approximate surface area is 116 Å². The van der Waals surface area contributed by atoms with E-state index in [0.717, 1.165) is 33.0 Å². The van der Waals surface area contributed by atoms with E-state index in [4.69, 9.17) is 0 Å². The lowest BCUT2D eigenvalue weighted by molar-refractivity contribution is 0.0159. The number of hydrogen-bond acceptors (Lipinski definition) is 2. The van der Waals surface area contributed by atoms with E-state index in [-0.39, 0.29) is 0 Å². The van der Waals surface area contributed by atoms with Crippen LogP contribution in [0.1, 0.15) is 23.3 Å². The lowest BCUT2D eigenvalue weighted by Crippen LogP contribution is -2.17. The van der Waals surface area contributed by atoms with E-state index < -0.39 is 12.2 Å². The van der Waals surface area contributed by atoms with Crippen LogP contribution in [0.3, 0.4) is 0 Å². The van der Waals surface area contributed by atoms with E-state index in [1.54, 1.807) is 0 Å². The molecule has 0 saturated heterocycles. The van der Waals surface area contributed by atoms with Crippen LogP contribution in [-0.2, 0) is 0 Å². The van der Waals surface area contributed by atoms with E-state index in [1.165, 1.54) is 0 Å².